The molecule has 0 atom stereocenters. The average molecular weight is 379 g/mol. The Balaban J connectivity index is 1.94. The second-order valence-electron chi connectivity index (χ2n) is 6.61. The number of aromatic nitrogens is 2. The normalized spacial score (nSPS) is 10.7. The van der Waals surface area contributed by atoms with Crippen LogP contribution in [0.15, 0.2) is 48.7 Å². The smallest absolute Gasteiger partial charge is 0.292 e. The van der Waals surface area contributed by atoms with Crippen LogP contribution in [0.1, 0.15) is 35.0 Å². The molecule has 3 rings (SSSR count). The maximum absolute atomic E-state index is 12.9. The van der Waals surface area contributed by atoms with Crippen molar-refractivity contribution in [2.24, 2.45) is 0 Å². The first-order chi connectivity index (χ1) is 13.5. The molecule has 0 aliphatic carbocycles. The van der Waals surface area contributed by atoms with Gasteiger partial charge in [0, 0.05) is 44.8 Å². The quantitative estimate of drug-likeness (QED) is 0.714. The van der Waals surface area contributed by atoms with Gasteiger partial charge < -0.3 is 15.1 Å². The molecule has 2 aromatic heterocycles. The molecule has 28 heavy (non-hydrogen) atoms. The van der Waals surface area contributed by atoms with Crippen molar-refractivity contribution in [3.8, 4) is 0 Å². The summed E-state index contributed by atoms with van der Waals surface area (Å²) >= 11 is 0. The van der Waals surface area contributed by atoms with E-state index in [1.807, 2.05) is 69.2 Å². The van der Waals surface area contributed by atoms with Crippen LogP contribution in [0.4, 0.5) is 11.4 Å². The highest BCUT2D eigenvalue weighted by Crippen LogP contribution is 2.19. The highest BCUT2D eigenvalue weighted by Gasteiger charge is 2.24. The van der Waals surface area contributed by atoms with Crippen LogP contribution >= 0.6 is 0 Å². The summed E-state index contributed by atoms with van der Waals surface area (Å²) in [5.74, 6) is -0.358. The highest BCUT2D eigenvalue weighted by atomic mass is 16.2. The third kappa shape index (κ3) is 3.69. The Labute approximate surface area is 164 Å². The van der Waals surface area contributed by atoms with Crippen molar-refractivity contribution in [1.29, 1.82) is 0 Å². The zero-order valence-corrected chi connectivity index (χ0v) is 16.6. The summed E-state index contributed by atoms with van der Waals surface area (Å²) in [7, 11) is 3.91. The van der Waals surface area contributed by atoms with Crippen molar-refractivity contribution in [3.05, 3.63) is 60.2 Å². The van der Waals surface area contributed by atoms with Gasteiger partial charge in [-0.05, 0) is 50.2 Å². The Kier molecular flexibility index (Phi) is 5.63. The van der Waals surface area contributed by atoms with Gasteiger partial charge in [0.15, 0.2) is 5.69 Å². The predicted octanol–water partition coefficient (Wildman–Crippen LogP) is 3.13. The minimum atomic E-state index is -0.364. The molecule has 2 amide bonds. The molecule has 3 aromatic rings. The summed E-state index contributed by atoms with van der Waals surface area (Å²) in [6.45, 7) is 5.01. The van der Waals surface area contributed by atoms with Gasteiger partial charge in [-0.2, -0.15) is 0 Å². The molecule has 0 aliphatic rings. The fraction of sp³-hybridized carbons (Fsp3) is 0.286. The van der Waals surface area contributed by atoms with E-state index in [9.17, 15) is 9.59 Å². The molecule has 0 spiro atoms. The van der Waals surface area contributed by atoms with E-state index in [-0.39, 0.29) is 23.3 Å². The lowest BCUT2D eigenvalue weighted by atomic mass is 10.2. The van der Waals surface area contributed by atoms with Gasteiger partial charge in [0.25, 0.3) is 11.8 Å². The number of nitrogens with one attached hydrogen (secondary N) is 1. The van der Waals surface area contributed by atoms with E-state index in [1.54, 1.807) is 21.6 Å². The fourth-order valence-corrected chi connectivity index (χ4v) is 3.05. The zero-order valence-electron chi connectivity index (χ0n) is 16.6. The number of imidazole rings is 1. The van der Waals surface area contributed by atoms with Gasteiger partial charge in [0.2, 0.25) is 5.82 Å². The fourth-order valence-electron chi connectivity index (χ4n) is 3.05. The zero-order chi connectivity index (χ0) is 20.3. The highest BCUT2D eigenvalue weighted by molar-refractivity contribution is 6.06. The van der Waals surface area contributed by atoms with Gasteiger partial charge in [-0.3, -0.25) is 14.0 Å². The number of anilines is 2. The Morgan fingerprint density at radius 1 is 1.04 bits per heavy atom. The number of fused-ring (bicyclic) bond motifs is 1. The summed E-state index contributed by atoms with van der Waals surface area (Å²) in [6.07, 6.45) is 1.74. The summed E-state index contributed by atoms with van der Waals surface area (Å²) in [5.41, 5.74) is 2.61. The van der Waals surface area contributed by atoms with E-state index in [0.717, 1.165) is 5.69 Å². The number of carbonyl (C=O) groups excluding carboxylic acids is 2. The van der Waals surface area contributed by atoms with Crippen LogP contribution in [-0.4, -0.2) is 53.3 Å². The standard InChI is InChI=1S/C21H25N5O2/c1-5-25(6-2)21(28)18-17-9-7-8-14-26(17)19(23-18)20(27)22-15-10-12-16(13-11-15)24(3)4/h7-14H,5-6H2,1-4H3,(H,22,27). The Bertz CT molecular complexity index is 988. The number of hydrogen-bond donors (Lipinski definition) is 1. The monoisotopic (exact) mass is 379 g/mol. The number of pyridine rings is 1. The average Bonchev–Trinajstić information content (AvgIpc) is 3.09. The SMILES string of the molecule is CCN(CC)C(=O)c1nc(C(=O)Nc2ccc(N(C)C)cc2)n2ccccc12. The molecule has 1 aromatic carbocycles. The van der Waals surface area contributed by atoms with Crippen LogP contribution in [0.25, 0.3) is 5.52 Å². The minimum absolute atomic E-state index is 0.178. The molecule has 146 valence electrons. The molecule has 0 saturated carbocycles. The van der Waals surface area contributed by atoms with E-state index in [0.29, 0.717) is 24.3 Å². The summed E-state index contributed by atoms with van der Waals surface area (Å²) in [6, 6.07) is 13.0. The number of amides is 2. The van der Waals surface area contributed by atoms with Crippen molar-refractivity contribution < 1.29 is 9.59 Å². The van der Waals surface area contributed by atoms with Gasteiger partial charge in [-0.1, -0.05) is 6.07 Å². The lowest BCUT2D eigenvalue weighted by molar-refractivity contribution is 0.0769. The molecule has 7 heteroatoms. The summed E-state index contributed by atoms with van der Waals surface area (Å²) < 4.78 is 1.65. The molecule has 0 aliphatic heterocycles. The maximum atomic E-state index is 12.9. The lowest BCUT2D eigenvalue weighted by Gasteiger charge is -2.17. The van der Waals surface area contributed by atoms with E-state index in [2.05, 4.69) is 10.3 Å². The third-order valence-corrected chi connectivity index (χ3v) is 4.65. The predicted molar refractivity (Wildman–Crippen MR) is 111 cm³/mol. The van der Waals surface area contributed by atoms with Crippen LogP contribution in [-0.2, 0) is 0 Å². The van der Waals surface area contributed by atoms with Gasteiger partial charge in [0.05, 0.1) is 5.52 Å². The lowest BCUT2D eigenvalue weighted by Crippen LogP contribution is -2.31. The van der Waals surface area contributed by atoms with Gasteiger partial charge >= 0.3 is 0 Å². The number of carbonyl (C=O) groups is 2. The van der Waals surface area contributed by atoms with E-state index >= 15 is 0 Å². The third-order valence-electron chi connectivity index (χ3n) is 4.65. The minimum Gasteiger partial charge on any atom is -0.378 e. The number of hydrogen-bond acceptors (Lipinski definition) is 4. The molecule has 2 heterocycles. The molecule has 0 fully saturated rings. The topological polar surface area (TPSA) is 70.0 Å². The second-order valence-corrected chi connectivity index (χ2v) is 6.61. The van der Waals surface area contributed by atoms with Crippen LogP contribution in [0.2, 0.25) is 0 Å². The molecule has 0 radical (unpaired) electrons. The summed E-state index contributed by atoms with van der Waals surface area (Å²) in [4.78, 5) is 33.8. The molecule has 1 N–H and O–H groups in total. The Morgan fingerprint density at radius 2 is 1.71 bits per heavy atom. The largest absolute Gasteiger partial charge is 0.378 e. The first kappa shape index (κ1) is 19.4. The van der Waals surface area contributed by atoms with Gasteiger partial charge in [-0.15, -0.1) is 0 Å². The van der Waals surface area contributed by atoms with Crippen LogP contribution in [0, 0.1) is 0 Å². The maximum Gasteiger partial charge on any atom is 0.292 e. The van der Waals surface area contributed by atoms with Crippen molar-refractivity contribution >= 4 is 28.7 Å². The van der Waals surface area contributed by atoms with Crippen LogP contribution in [0.5, 0.6) is 0 Å². The molecule has 0 unspecified atom stereocenters. The number of benzene rings is 1. The van der Waals surface area contributed by atoms with E-state index < -0.39 is 0 Å². The van der Waals surface area contributed by atoms with Crippen molar-refractivity contribution in [2.45, 2.75) is 13.8 Å². The Hall–Kier alpha value is -3.35. The first-order valence-electron chi connectivity index (χ1n) is 9.31. The van der Waals surface area contributed by atoms with Crippen molar-refractivity contribution in [1.82, 2.24) is 14.3 Å². The molecule has 0 bridgehead atoms. The number of nitrogens with zero attached hydrogens (tertiary/aromatic N) is 4. The van der Waals surface area contributed by atoms with Gasteiger partial charge in [0.1, 0.15) is 0 Å². The van der Waals surface area contributed by atoms with Gasteiger partial charge in [-0.25, -0.2) is 4.98 Å². The summed E-state index contributed by atoms with van der Waals surface area (Å²) in [5, 5.41) is 2.86. The second kappa shape index (κ2) is 8.12. The first-order valence-corrected chi connectivity index (χ1v) is 9.31. The molecule has 0 saturated heterocycles. The number of rotatable bonds is 6. The van der Waals surface area contributed by atoms with E-state index in [1.165, 1.54) is 0 Å². The van der Waals surface area contributed by atoms with Crippen molar-refractivity contribution in [2.75, 3.05) is 37.4 Å². The Morgan fingerprint density at radius 3 is 2.32 bits per heavy atom. The van der Waals surface area contributed by atoms with Crippen LogP contribution < -0.4 is 10.2 Å². The molecule has 7 nitrogen and oxygen atoms in total. The van der Waals surface area contributed by atoms with E-state index in [4.69, 9.17) is 0 Å². The molecular weight excluding hydrogens is 354 g/mol. The van der Waals surface area contributed by atoms with Crippen molar-refractivity contribution in [3.63, 3.8) is 0 Å². The molecular formula is C21H25N5O2. The van der Waals surface area contributed by atoms with Crippen LogP contribution in [0.3, 0.4) is 0 Å².